The number of rotatable bonds is 18. The smallest absolute Gasteiger partial charge is 0.302 e. The van der Waals surface area contributed by atoms with Gasteiger partial charge in [0.05, 0.1) is 12.1 Å². The van der Waals surface area contributed by atoms with E-state index >= 15 is 0 Å². The summed E-state index contributed by atoms with van der Waals surface area (Å²) in [6, 6.07) is -5.19. The molecule has 14 nitrogen and oxygen atoms in total. The van der Waals surface area contributed by atoms with Crippen LogP contribution >= 0.6 is 0 Å². The molecule has 2 aliphatic heterocycles. The maximum atomic E-state index is 14.4. The second kappa shape index (κ2) is 20.0. The van der Waals surface area contributed by atoms with E-state index in [4.69, 9.17) is 4.74 Å². The lowest BCUT2D eigenvalue weighted by Crippen LogP contribution is -2.62. The van der Waals surface area contributed by atoms with Crippen molar-refractivity contribution < 1.29 is 43.4 Å². The predicted molar refractivity (Wildman–Crippen MR) is 200 cm³/mol. The molecule has 1 saturated heterocycles. The second-order valence-electron chi connectivity index (χ2n) is 16.0. The van der Waals surface area contributed by atoms with E-state index in [0.29, 0.717) is 18.8 Å². The molecule has 0 aromatic heterocycles. The van der Waals surface area contributed by atoms with Gasteiger partial charge in [-0.25, -0.2) is 0 Å². The molecule has 9 atom stereocenters. The molecular weight excluding hydrogens is 682 g/mol. The van der Waals surface area contributed by atoms with Crippen LogP contribution in [0.2, 0.25) is 0 Å². The van der Waals surface area contributed by atoms with Gasteiger partial charge in [-0.05, 0) is 44.4 Å². The van der Waals surface area contributed by atoms with Crippen LogP contribution in [0.15, 0.2) is 12.2 Å². The molecular formula is C39H65N5O9. The number of carbonyl (C=O) groups is 7. The zero-order valence-electron chi connectivity index (χ0n) is 34.0. The minimum atomic E-state index is -1.44. The fourth-order valence-corrected chi connectivity index (χ4v) is 7.50. The molecule has 2 rings (SSSR count). The number of nitrogens with zero attached hydrogens (tertiary/aromatic N) is 4. The number of aliphatic hydroxyl groups excluding tert-OH is 1. The highest BCUT2D eigenvalue weighted by molar-refractivity contribution is 6.06. The molecule has 1 fully saturated rings. The molecule has 0 unspecified atom stereocenters. The summed E-state index contributed by atoms with van der Waals surface area (Å²) in [6.07, 6.45) is 4.71. The van der Waals surface area contributed by atoms with Crippen LogP contribution < -0.4 is 5.32 Å². The molecule has 0 aromatic carbocycles. The van der Waals surface area contributed by atoms with Gasteiger partial charge in [-0.1, -0.05) is 73.8 Å². The highest BCUT2D eigenvalue weighted by Gasteiger charge is 2.48. The van der Waals surface area contributed by atoms with Crippen LogP contribution in [0.25, 0.3) is 0 Å². The Hall–Kier alpha value is -3.81. The fourth-order valence-electron chi connectivity index (χ4n) is 7.50. The minimum absolute atomic E-state index is 0.00605. The molecule has 300 valence electrons. The minimum Gasteiger partial charge on any atom is -0.460 e. The van der Waals surface area contributed by atoms with Crippen molar-refractivity contribution >= 4 is 41.4 Å². The molecule has 0 aliphatic carbocycles. The van der Waals surface area contributed by atoms with Crippen LogP contribution in [0.3, 0.4) is 0 Å². The van der Waals surface area contributed by atoms with Crippen molar-refractivity contribution in [1.29, 1.82) is 0 Å². The number of unbranched alkanes of at least 4 members (excludes halogenated alkanes) is 1. The number of hydrogen-bond donors (Lipinski definition) is 2. The van der Waals surface area contributed by atoms with Crippen molar-refractivity contribution in [1.82, 2.24) is 24.9 Å². The largest absolute Gasteiger partial charge is 0.460 e. The Morgan fingerprint density at radius 3 is 2.11 bits per heavy atom. The van der Waals surface area contributed by atoms with Crippen LogP contribution in [0.4, 0.5) is 0 Å². The molecule has 0 saturated carbocycles. The van der Waals surface area contributed by atoms with Gasteiger partial charge in [0.25, 0.3) is 11.8 Å². The van der Waals surface area contributed by atoms with E-state index in [2.05, 4.69) is 19.2 Å². The number of hydrogen-bond acceptors (Lipinski definition) is 9. The number of likely N-dealkylation sites (tertiary alicyclic amines) is 1. The number of esters is 1. The van der Waals surface area contributed by atoms with Gasteiger partial charge < -0.3 is 29.9 Å². The molecule has 0 radical (unpaired) electrons. The zero-order valence-corrected chi connectivity index (χ0v) is 34.0. The van der Waals surface area contributed by atoms with Gasteiger partial charge in [-0.2, -0.15) is 0 Å². The molecule has 6 amide bonds. The first-order valence-electron chi connectivity index (χ1n) is 19.2. The highest BCUT2D eigenvalue weighted by atomic mass is 16.5. The summed E-state index contributed by atoms with van der Waals surface area (Å²) in [4.78, 5) is 99.5. The highest BCUT2D eigenvalue weighted by Crippen LogP contribution is 2.27. The van der Waals surface area contributed by atoms with Crippen molar-refractivity contribution in [2.75, 3.05) is 20.6 Å². The third kappa shape index (κ3) is 11.8. The average molecular weight is 748 g/mol. The summed E-state index contributed by atoms with van der Waals surface area (Å²) in [6.45, 7) is 17.5. The number of carbonyl (C=O) groups excluding carboxylic acids is 7. The van der Waals surface area contributed by atoms with E-state index in [1.54, 1.807) is 33.9 Å². The van der Waals surface area contributed by atoms with Crippen LogP contribution in [0, 0.1) is 23.7 Å². The van der Waals surface area contributed by atoms with Crippen LogP contribution in [-0.2, 0) is 38.3 Å². The average Bonchev–Trinajstić information content (AvgIpc) is 3.63. The van der Waals surface area contributed by atoms with Crippen LogP contribution in [0.1, 0.15) is 108 Å². The number of likely N-dealkylation sites (N-methyl/N-ethyl adjacent to an activating group) is 2. The third-order valence-electron chi connectivity index (χ3n) is 10.3. The number of ether oxygens (including phenoxy) is 1. The van der Waals surface area contributed by atoms with Gasteiger partial charge in [0.1, 0.15) is 30.3 Å². The number of nitrogens with one attached hydrogen (secondary N) is 1. The van der Waals surface area contributed by atoms with E-state index in [1.807, 2.05) is 20.8 Å². The number of imide groups is 1. The summed E-state index contributed by atoms with van der Waals surface area (Å²) in [7, 11) is 2.98. The molecule has 0 aromatic rings. The van der Waals surface area contributed by atoms with Crippen molar-refractivity contribution in [2.45, 2.75) is 150 Å². The maximum Gasteiger partial charge on any atom is 0.302 e. The lowest BCUT2D eigenvalue weighted by atomic mass is 9.91. The van der Waals surface area contributed by atoms with Gasteiger partial charge in [0.15, 0.2) is 0 Å². The molecule has 0 bridgehead atoms. The Morgan fingerprint density at radius 1 is 0.981 bits per heavy atom. The summed E-state index contributed by atoms with van der Waals surface area (Å²) in [5.74, 6) is -4.47. The fraction of sp³-hybridized carbons (Fsp3) is 0.769. The van der Waals surface area contributed by atoms with Crippen LogP contribution in [-0.4, -0.2) is 129 Å². The topological polar surface area (TPSA) is 174 Å². The molecule has 0 spiro atoms. The quantitative estimate of drug-likeness (QED) is 0.158. The molecule has 53 heavy (non-hydrogen) atoms. The lowest BCUT2D eigenvalue weighted by molar-refractivity contribution is -0.157. The normalized spacial score (nSPS) is 21.9. The first-order valence-corrected chi connectivity index (χ1v) is 19.2. The SMILES string of the molecule is CCCC[C@H](C)C[C@@H](C)C(=O)N(C)[C@@H](CC(C)C)C(=O)N[C@H](C(=O)N(C)[C@H](C(=O)N1C[C@@H](O)C[C@H]1C(=O)N1C(=O)C=C[C@@H]1C)C(C)C)[C@@H](C)OC(C)=O. The van der Waals surface area contributed by atoms with E-state index in [9.17, 15) is 38.7 Å². The van der Waals surface area contributed by atoms with E-state index in [0.717, 1.165) is 24.2 Å². The Kier molecular flexibility index (Phi) is 17.1. The first-order chi connectivity index (χ1) is 24.6. The van der Waals surface area contributed by atoms with E-state index < -0.39 is 83.8 Å². The second-order valence-corrected chi connectivity index (χ2v) is 16.0. The molecule has 2 heterocycles. The van der Waals surface area contributed by atoms with Crippen molar-refractivity contribution in [3.05, 3.63) is 12.2 Å². The summed E-state index contributed by atoms with van der Waals surface area (Å²) in [5.41, 5.74) is 0. The van der Waals surface area contributed by atoms with Crippen LogP contribution in [0.5, 0.6) is 0 Å². The van der Waals surface area contributed by atoms with Gasteiger partial charge in [-0.15, -0.1) is 0 Å². The Bertz CT molecular complexity index is 1370. The van der Waals surface area contributed by atoms with Gasteiger partial charge in [0.2, 0.25) is 23.6 Å². The zero-order chi connectivity index (χ0) is 40.5. The predicted octanol–water partition coefficient (Wildman–Crippen LogP) is 2.91. The number of amides is 6. The standard InChI is InChI=1S/C39H65N5O9/c1-13-14-15-24(6)19-25(7)36(49)41(11)30(18-22(2)3)35(48)40-33(27(9)53-28(10)45)38(51)42(12)34(23(4)5)39(52)43-21-29(46)20-31(43)37(50)44-26(8)16-17-32(44)47/h16-17,22-27,29-31,33-34,46H,13-15,18-21H2,1-12H3,(H,40,48)/t24-,25+,26-,27+,29-,30-,31-,33-,34-/m0/s1. The van der Waals surface area contributed by atoms with Crippen molar-refractivity contribution in [3.63, 3.8) is 0 Å². The van der Waals surface area contributed by atoms with Gasteiger partial charge in [-0.3, -0.25) is 38.5 Å². The Balaban J connectivity index is 2.41. The summed E-state index contributed by atoms with van der Waals surface area (Å²) >= 11 is 0. The molecule has 14 heteroatoms. The maximum absolute atomic E-state index is 14.4. The van der Waals surface area contributed by atoms with Gasteiger partial charge >= 0.3 is 5.97 Å². The Morgan fingerprint density at radius 2 is 1.60 bits per heavy atom. The summed E-state index contributed by atoms with van der Waals surface area (Å²) in [5, 5.41) is 13.4. The summed E-state index contributed by atoms with van der Waals surface area (Å²) < 4.78 is 5.41. The lowest BCUT2D eigenvalue weighted by Gasteiger charge is -2.38. The number of aliphatic hydroxyl groups is 1. The number of β-amino-alcohol motifs (C(OH)–C–C–N with tert-alkyl or cyclic N) is 1. The third-order valence-corrected chi connectivity index (χ3v) is 10.3. The molecule has 2 aliphatic rings. The monoisotopic (exact) mass is 747 g/mol. The van der Waals surface area contributed by atoms with Gasteiger partial charge in [0, 0.05) is 46.0 Å². The Labute approximate surface area is 316 Å². The molecule has 2 N–H and O–H groups in total. The van der Waals surface area contributed by atoms with E-state index in [-0.39, 0.29) is 30.7 Å². The van der Waals surface area contributed by atoms with Crippen molar-refractivity contribution in [2.24, 2.45) is 23.7 Å². The van der Waals surface area contributed by atoms with E-state index in [1.165, 1.54) is 41.7 Å². The first kappa shape index (κ1) is 45.3. The van der Waals surface area contributed by atoms with Crippen molar-refractivity contribution in [3.8, 4) is 0 Å².